The molecule has 6 heteroatoms. The molecule has 0 spiro atoms. The molecule has 2 amide bonds. The summed E-state index contributed by atoms with van der Waals surface area (Å²) in [6.07, 6.45) is 2.19. The van der Waals surface area contributed by atoms with Gasteiger partial charge in [0.2, 0.25) is 11.8 Å². The van der Waals surface area contributed by atoms with Crippen LogP contribution in [0.5, 0.6) is 0 Å². The lowest BCUT2D eigenvalue weighted by Crippen LogP contribution is -2.47. The van der Waals surface area contributed by atoms with Crippen LogP contribution in [0.2, 0.25) is 0 Å². The number of nitrogens with zero attached hydrogens (tertiary/aromatic N) is 3. The molecule has 0 bridgehead atoms. The van der Waals surface area contributed by atoms with Gasteiger partial charge in [-0.15, -0.1) is 0 Å². The van der Waals surface area contributed by atoms with Crippen molar-refractivity contribution in [1.82, 2.24) is 9.80 Å². The van der Waals surface area contributed by atoms with Crippen LogP contribution in [0.4, 0.5) is 5.69 Å². The molecule has 2 heterocycles. The monoisotopic (exact) mass is 359 g/mol. The smallest absolute Gasteiger partial charge is 0.229 e. The van der Waals surface area contributed by atoms with Crippen molar-refractivity contribution in [2.24, 2.45) is 0 Å². The minimum atomic E-state index is -0.458. The Kier molecular flexibility index (Phi) is 6.27. The number of piperazine rings is 1. The van der Waals surface area contributed by atoms with Crippen molar-refractivity contribution < 1.29 is 14.7 Å². The van der Waals surface area contributed by atoms with Crippen molar-refractivity contribution in [3.63, 3.8) is 0 Å². The first-order valence-corrected chi connectivity index (χ1v) is 9.64. The van der Waals surface area contributed by atoms with E-state index in [1.807, 2.05) is 25.1 Å². The number of hydrogen-bond acceptors (Lipinski definition) is 5. The van der Waals surface area contributed by atoms with E-state index < -0.39 is 6.10 Å². The van der Waals surface area contributed by atoms with E-state index in [-0.39, 0.29) is 11.8 Å². The summed E-state index contributed by atoms with van der Waals surface area (Å²) in [5, 5.41) is 9.97. The fourth-order valence-electron chi connectivity index (χ4n) is 3.82. The first-order valence-electron chi connectivity index (χ1n) is 9.64. The molecule has 1 N–H and O–H groups in total. The number of benzene rings is 1. The zero-order chi connectivity index (χ0) is 18.5. The Morgan fingerprint density at radius 3 is 2.23 bits per heavy atom. The highest BCUT2D eigenvalue weighted by Crippen LogP contribution is 2.27. The van der Waals surface area contributed by atoms with Crippen LogP contribution in [0.1, 0.15) is 44.3 Å². The standard InChI is InChI=1S/C20H29N3O3/c1-16(24)17-6-2-3-7-18(17)22-14-12-21(13-15-22)10-4-5-11-23-19(25)8-9-20(23)26/h2-3,6-7,16,24H,4-5,8-15H2,1H3. The summed E-state index contributed by atoms with van der Waals surface area (Å²) in [6.45, 7) is 7.28. The first-order chi connectivity index (χ1) is 12.6. The van der Waals surface area contributed by atoms with Crippen molar-refractivity contribution in [2.45, 2.75) is 38.7 Å². The van der Waals surface area contributed by atoms with Crippen LogP contribution in [0.25, 0.3) is 0 Å². The number of imide groups is 1. The van der Waals surface area contributed by atoms with E-state index in [0.29, 0.717) is 19.4 Å². The topological polar surface area (TPSA) is 64.1 Å². The third kappa shape index (κ3) is 4.43. The Hall–Kier alpha value is -1.92. The number of amides is 2. The van der Waals surface area contributed by atoms with Gasteiger partial charge in [-0.3, -0.25) is 19.4 Å². The van der Waals surface area contributed by atoms with Gasteiger partial charge in [0.1, 0.15) is 0 Å². The van der Waals surface area contributed by atoms with Gasteiger partial charge in [-0.05, 0) is 32.4 Å². The van der Waals surface area contributed by atoms with Gasteiger partial charge in [-0.2, -0.15) is 0 Å². The number of carbonyl (C=O) groups is 2. The molecule has 2 aliphatic heterocycles. The minimum Gasteiger partial charge on any atom is -0.389 e. The predicted molar refractivity (Wildman–Crippen MR) is 101 cm³/mol. The Bertz CT molecular complexity index is 623. The molecule has 1 atom stereocenters. The SMILES string of the molecule is CC(O)c1ccccc1N1CCN(CCCCN2C(=O)CCC2=O)CC1. The van der Waals surface area contributed by atoms with Crippen LogP contribution in [0.15, 0.2) is 24.3 Å². The Morgan fingerprint density at radius 2 is 1.58 bits per heavy atom. The van der Waals surface area contributed by atoms with Crippen molar-refractivity contribution in [3.05, 3.63) is 29.8 Å². The van der Waals surface area contributed by atoms with E-state index in [9.17, 15) is 14.7 Å². The average molecular weight is 359 g/mol. The molecule has 1 aromatic rings. The number of aliphatic hydroxyl groups is 1. The molecule has 0 radical (unpaired) electrons. The Labute approximate surface area is 155 Å². The lowest BCUT2D eigenvalue weighted by molar-refractivity contribution is -0.138. The molecule has 142 valence electrons. The highest BCUT2D eigenvalue weighted by molar-refractivity contribution is 6.01. The number of para-hydroxylation sites is 1. The summed E-state index contributed by atoms with van der Waals surface area (Å²) in [4.78, 5) is 29.4. The second-order valence-corrected chi connectivity index (χ2v) is 7.21. The van der Waals surface area contributed by atoms with Gasteiger partial charge >= 0.3 is 0 Å². The molecular weight excluding hydrogens is 330 g/mol. The van der Waals surface area contributed by atoms with Crippen LogP contribution in [0.3, 0.4) is 0 Å². The third-order valence-electron chi connectivity index (χ3n) is 5.36. The Morgan fingerprint density at radius 1 is 0.962 bits per heavy atom. The molecule has 26 heavy (non-hydrogen) atoms. The Balaban J connectivity index is 1.40. The van der Waals surface area contributed by atoms with E-state index >= 15 is 0 Å². The summed E-state index contributed by atoms with van der Waals surface area (Å²) in [6, 6.07) is 8.07. The second-order valence-electron chi connectivity index (χ2n) is 7.21. The summed E-state index contributed by atoms with van der Waals surface area (Å²) in [5.41, 5.74) is 2.12. The van der Waals surface area contributed by atoms with Gasteiger partial charge in [-0.25, -0.2) is 0 Å². The number of likely N-dealkylation sites (tertiary alicyclic amines) is 1. The van der Waals surface area contributed by atoms with Crippen LogP contribution < -0.4 is 4.90 Å². The van der Waals surface area contributed by atoms with Gasteiger partial charge in [0.05, 0.1) is 6.10 Å². The number of carbonyl (C=O) groups excluding carboxylic acids is 2. The van der Waals surface area contributed by atoms with E-state index in [1.165, 1.54) is 4.90 Å². The number of unbranched alkanes of at least 4 members (excludes halogenated alkanes) is 1. The van der Waals surface area contributed by atoms with Gasteiger partial charge in [-0.1, -0.05) is 18.2 Å². The van der Waals surface area contributed by atoms with Crippen LogP contribution in [-0.2, 0) is 9.59 Å². The highest BCUT2D eigenvalue weighted by atomic mass is 16.3. The third-order valence-corrected chi connectivity index (χ3v) is 5.36. The van der Waals surface area contributed by atoms with Gasteiger partial charge < -0.3 is 10.0 Å². The van der Waals surface area contributed by atoms with E-state index in [2.05, 4.69) is 15.9 Å². The van der Waals surface area contributed by atoms with Crippen molar-refractivity contribution in [1.29, 1.82) is 0 Å². The van der Waals surface area contributed by atoms with Crippen LogP contribution in [0, 0.1) is 0 Å². The molecule has 1 aromatic carbocycles. The fourth-order valence-corrected chi connectivity index (χ4v) is 3.82. The number of anilines is 1. The molecular formula is C20H29N3O3. The zero-order valence-electron chi connectivity index (χ0n) is 15.6. The predicted octanol–water partition coefficient (Wildman–Crippen LogP) is 1.79. The van der Waals surface area contributed by atoms with Gasteiger partial charge in [0.25, 0.3) is 0 Å². The number of hydrogen-bond donors (Lipinski definition) is 1. The summed E-state index contributed by atoms with van der Waals surface area (Å²) >= 11 is 0. The quantitative estimate of drug-likeness (QED) is 0.594. The van der Waals surface area contributed by atoms with E-state index in [0.717, 1.165) is 56.8 Å². The average Bonchev–Trinajstić information content (AvgIpc) is 2.97. The van der Waals surface area contributed by atoms with Crippen molar-refractivity contribution >= 4 is 17.5 Å². The van der Waals surface area contributed by atoms with Crippen molar-refractivity contribution in [3.8, 4) is 0 Å². The van der Waals surface area contributed by atoms with E-state index in [4.69, 9.17) is 0 Å². The van der Waals surface area contributed by atoms with Gasteiger partial charge in [0.15, 0.2) is 0 Å². The summed E-state index contributed by atoms with van der Waals surface area (Å²) in [7, 11) is 0. The molecule has 3 rings (SSSR count). The highest BCUT2D eigenvalue weighted by Gasteiger charge is 2.28. The van der Waals surface area contributed by atoms with E-state index in [1.54, 1.807) is 0 Å². The maximum absolute atomic E-state index is 11.6. The molecule has 1 unspecified atom stereocenters. The summed E-state index contributed by atoms with van der Waals surface area (Å²) < 4.78 is 0. The molecule has 0 aromatic heterocycles. The fraction of sp³-hybridized carbons (Fsp3) is 0.600. The first kappa shape index (κ1) is 18.9. The maximum atomic E-state index is 11.6. The molecule has 0 saturated carbocycles. The van der Waals surface area contributed by atoms with Gasteiger partial charge in [0, 0.05) is 56.8 Å². The second kappa shape index (κ2) is 8.64. The van der Waals surface area contributed by atoms with Crippen LogP contribution >= 0.6 is 0 Å². The molecule has 2 fully saturated rings. The molecule has 2 saturated heterocycles. The van der Waals surface area contributed by atoms with Crippen molar-refractivity contribution in [2.75, 3.05) is 44.2 Å². The lowest BCUT2D eigenvalue weighted by Gasteiger charge is -2.37. The normalized spacial score (nSPS) is 20.1. The largest absolute Gasteiger partial charge is 0.389 e. The number of aliphatic hydroxyl groups excluding tert-OH is 1. The molecule has 6 nitrogen and oxygen atoms in total. The molecule has 2 aliphatic rings. The minimum absolute atomic E-state index is 0.0135. The number of rotatable bonds is 7. The zero-order valence-corrected chi connectivity index (χ0v) is 15.6. The lowest BCUT2D eigenvalue weighted by atomic mass is 10.1. The van der Waals surface area contributed by atoms with Crippen LogP contribution in [-0.4, -0.2) is 66.0 Å². The molecule has 0 aliphatic carbocycles. The maximum Gasteiger partial charge on any atom is 0.229 e. The summed E-state index contributed by atoms with van der Waals surface area (Å²) in [5.74, 6) is -0.0271.